The highest BCUT2D eigenvalue weighted by Crippen LogP contribution is 1.41. The summed E-state index contributed by atoms with van der Waals surface area (Å²) in [6, 6.07) is 1.65. The maximum absolute atomic E-state index is 7.61. The second kappa shape index (κ2) is 2.23. The van der Waals surface area contributed by atoms with Crippen LogP contribution in [0.1, 0.15) is 1.37 Å². The van der Waals surface area contributed by atoms with Crippen molar-refractivity contribution in [1.82, 2.24) is 0 Å². The molecule has 0 aromatic carbocycles. The van der Waals surface area contributed by atoms with Gasteiger partial charge in [-0.25, -0.2) is 0 Å². The van der Waals surface area contributed by atoms with Crippen LogP contribution in [0.3, 0.4) is 0 Å². The van der Waals surface area contributed by atoms with E-state index in [1.165, 1.54) is 0 Å². The van der Waals surface area contributed by atoms with Gasteiger partial charge in [0.2, 0.25) is 0 Å². The number of hydrogen-bond acceptors (Lipinski definition) is 1. The Morgan fingerprint density at radius 2 is 3.25 bits per heavy atom. The van der Waals surface area contributed by atoms with Crippen molar-refractivity contribution >= 4 is 0 Å². The molecule has 0 radical (unpaired) electrons. The highest BCUT2D eigenvalue weighted by atomic mass is 14.2. The molecular weight excluding hydrogens is 50.0 g/mol. The second-order valence-electron chi connectivity index (χ2n) is 0.296. The summed E-state index contributed by atoms with van der Waals surface area (Å²) in [4.78, 5) is 0. The fraction of sp³-hybridized carbons (Fsp3) is 0. The Morgan fingerprint density at radius 1 is 2.50 bits per heavy atom. The largest absolute Gasteiger partial charge is 0.193 e. The van der Waals surface area contributed by atoms with E-state index in [9.17, 15) is 0 Å². The van der Waals surface area contributed by atoms with Gasteiger partial charge in [0.05, 0.1) is 7.44 Å². The van der Waals surface area contributed by atoms with Gasteiger partial charge in [-0.05, 0) is 0 Å². The minimum absolute atomic E-state index is 0.944. The maximum Gasteiger partial charge on any atom is 0.0905 e. The fourth-order valence-corrected chi connectivity index (χ4v) is 0. The second-order valence-corrected chi connectivity index (χ2v) is 0.296. The van der Waals surface area contributed by atoms with E-state index in [-0.39, 0.29) is 0 Å². The van der Waals surface area contributed by atoms with Crippen molar-refractivity contribution in [2.24, 2.45) is 0 Å². The number of nitriles is 1. The molecule has 1 nitrogen and oxygen atoms in total. The van der Waals surface area contributed by atoms with E-state index in [0.717, 1.165) is 12.6 Å². The van der Waals surface area contributed by atoms with Gasteiger partial charge in [0.15, 0.2) is 0 Å². The number of allylic oxidation sites excluding steroid dienone is 1. The van der Waals surface area contributed by atoms with E-state index in [1.54, 1.807) is 6.07 Å². The van der Waals surface area contributed by atoms with E-state index >= 15 is 0 Å². The quantitative estimate of drug-likeness (QED) is 0.373. The first-order valence-electron chi connectivity index (χ1n) is 1.42. The van der Waals surface area contributed by atoms with Gasteiger partial charge in [-0.2, -0.15) is 5.26 Å². The van der Waals surface area contributed by atoms with Crippen LogP contribution in [0.2, 0.25) is 0 Å². The summed E-state index contributed by atoms with van der Waals surface area (Å²) in [6.45, 7) is 0.944. The van der Waals surface area contributed by atoms with Crippen molar-refractivity contribution in [3.8, 4) is 6.07 Å². The lowest BCUT2D eigenvalue weighted by atomic mass is 10.8. The van der Waals surface area contributed by atoms with Gasteiger partial charge in [-0.15, -0.1) is 0 Å². The fourth-order valence-electron chi connectivity index (χ4n) is 0. The van der Waals surface area contributed by atoms with E-state index in [0.29, 0.717) is 0 Å². The molecule has 0 saturated carbocycles. The molecule has 0 aliphatic rings. The van der Waals surface area contributed by atoms with Crippen molar-refractivity contribution in [3.63, 3.8) is 0 Å². The first-order chi connectivity index (χ1) is 2.41. The zero-order chi connectivity index (χ0) is 4.12. The Kier molecular flexibility index (Phi) is 0.858. The number of rotatable bonds is 0. The molecule has 0 heterocycles. The highest BCUT2D eigenvalue weighted by molar-refractivity contribution is 4.93. The minimum atomic E-state index is 0.944. The van der Waals surface area contributed by atoms with Crippen LogP contribution in [0, 0.1) is 11.3 Å². The monoisotopic (exact) mass is 54.0 g/mol. The third kappa shape index (κ3) is 1.23. The molecule has 0 aromatic heterocycles. The Balaban J connectivity index is 3.04. The summed E-state index contributed by atoms with van der Waals surface area (Å²) in [5.41, 5.74) is 0. The molecular formula is C3H3N. The lowest BCUT2D eigenvalue weighted by molar-refractivity contribution is 1.54. The SMILES string of the molecule is [2H]C=CC#N. The Morgan fingerprint density at radius 3 is 3.25 bits per heavy atom. The molecule has 0 saturated heterocycles. The standard InChI is InChI=1S/C3H3N/c1-2-3-4/h2H,1H2/i1D. The summed E-state index contributed by atoms with van der Waals surface area (Å²) in [6.07, 6.45) is 1.10. The van der Waals surface area contributed by atoms with Crippen molar-refractivity contribution in [1.29, 1.82) is 5.26 Å². The third-order valence-corrected chi connectivity index (χ3v) is 0.0745. The van der Waals surface area contributed by atoms with Crippen LogP contribution in [0.25, 0.3) is 0 Å². The smallest absolute Gasteiger partial charge is 0.0905 e. The zero-order valence-electron chi connectivity index (χ0n) is 3.10. The zero-order valence-corrected chi connectivity index (χ0v) is 2.10. The van der Waals surface area contributed by atoms with Gasteiger partial charge in [0, 0.05) is 6.08 Å². The average Bonchev–Trinajstić information content (AvgIpc) is 1.41. The average molecular weight is 54.1 g/mol. The highest BCUT2D eigenvalue weighted by Gasteiger charge is 1.34. The third-order valence-electron chi connectivity index (χ3n) is 0.0745. The van der Waals surface area contributed by atoms with E-state index in [2.05, 4.69) is 0 Å². The van der Waals surface area contributed by atoms with E-state index in [1.807, 2.05) is 0 Å². The maximum atomic E-state index is 7.61. The van der Waals surface area contributed by atoms with Gasteiger partial charge in [0.1, 0.15) is 0 Å². The predicted octanol–water partition coefficient (Wildman–Crippen LogP) is 0.696. The summed E-state index contributed by atoms with van der Waals surface area (Å²) in [5, 5.41) is 7.61. The molecule has 0 aliphatic carbocycles. The minimum Gasteiger partial charge on any atom is -0.193 e. The molecule has 0 rings (SSSR count). The molecule has 0 N–H and O–H groups in total. The lowest BCUT2D eigenvalue weighted by Crippen LogP contribution is -1.23. The van der Waals surface area contributed by atoms with Gasteiger partial charge < -0.3 is 0 Å². The van der Waals surface area contributed by atoms with E-state index < -0.39 is 0 Å². The molecule has 0 spiro atoms. The number of hydrogen-bond donors (Lipinski definition) is 0. The van der Waals surface area contributed by atoms with Gasteiger partial charge in [-0.1, -0.05) is 6.55 Å². The molecule has 0 fully saturated rings. The van der Waals surface area contributed by atoms with Crippen molar-refractivity contribution in [2.45, 2.75) is 0 Å². The summed E-state index contributed by atoms with van der Waals surface area (Å²) < 4.78 is 6.20. The van der Waals surface area contributed by atoms with Gasteiger partial charge >= 0.3 is 0 Å². The molecule has 0 amide bonds. The van der Waals surface area contributed by atoms with Crippen LogP contribution in [0.4, 0.5) is 0 Å². The van der Waals surface area contributed by atoms with Crippen molar-refractivity contribution < 1.29 is 1.37 Å². The van der Waals surface area contributed by atoms with Crippen LogP contribution in [-0.2, 0) is 0 Å². The normalized spacial score (nSPS) is 10.2. The van der Waals surface area contributed by atoms with Gasteiger partial charge in [0.25, 0.3) is 0 Å². The topological polar surface area (TPSA) is 23.8 Å². The van der Waals surface area contributed by atoms with Crippen molar-refractivity contribution in [3.05, 3.63) is 12.6 Å². The summed E-state index contributed by atoms with van der Waals surface area (Å²) >= 11 is 0. The molecule has 0 aliphatic heterocycles. The van der Waals surface area contributed by atoms with Crippen LogP contribution < -0.4 is 0 Å². The Labute approximate surface area is 26.6 Å². The molecule has 0 bridgehead atoms. The van der Waals surface area contributed by atoms with Crippen molar-refractivity contribution in [2.75, 3.05) is 0 Å². The first kappa shape index (κ1) is 1.54. The van der Waals surface area contributed by atoms with E-state index in [4.69, 9.17) is 6.63 Å². The first-order valence-corrected chi connectivity index (χ1v) is 0.846. The predicted molar refractivity (Wildman–Crippen MR) is 15.8 cm³/mol. The van der Waals surface area contributed by atoms with Crippen LogP contribution in [0.15, 0.2) is 12.6 Å². The van der Waals surface area contributed by atoms with Gasteiger partial charge in [-0.3, -0.25) is 0 Å². The van der Waals surface area contributed by atoms with Crippen LogP contribution >= 0.6 is 0 Å². The van der Waals surface area contributed by atoms with Crippen LogP contribution in [-0.4, -0.2) is 0 Å². The van der Waals surface area contributed by atoms with Crippen LogP contribution in [0.5, 0.6) is 0 Å². The summed E-state index contributed by atoms with van der Waals surface area (Å²) in [7, 11) is 0. The lowest BCUT2D eigenvalue weighted by Gasteiger charge is -1.31. The Hall–Kier alpha value is -0.770. The molecule has 0 unspecified atom stereocenters. The molecule has 4 heavy (non-hydrogen) atoms. The molecule has 1 heteroatoms. The molecule has 0 atom stereocenters. The number of nitrogens with zero attached hydrogens (tertiary/aromatic N) is 1. The Bertz CT molecular complexity index is 69.5. The molecule has 20 valence electrons. The summed E-state index contributed by atoms with van der Waals surface area (Å²) in [5.74, 6) is 0. The molecule has 0 aromatic rings.